The first-order chi connectivity index (χ1) is 16.0. The van der Waals surface area contributed by atoms with E-state index in [2.05, 4.69) is 15.8 Å². The number of hydrogen-bond donors (Lipinski definition) is 3. The Balaban J connectivity index is 1.34. The number of carbonyl (C=O) groups is 2. The Bertz CT molecular complexity index is 1340. The third-order valence-electron chi connectivity index (χ3n) is 4.78. The summed E-state index contributed by atoms with van der Waals surface area (Å²) in [6, 6.07) is 22.9. The van der Waals surface area contributed by atoms with Gasteiger partial charge in [0.05, 0.1) is 0 Å². The minimum atomic E-state index is -0.750. The molecule has 0 aliphatic heterocycles. The van der Waals surface area contributed by atoms with Crippen LogP contribution in [0.5, 0.6) is 5.75 Å². The largest absolute Gasteiger partial charge is 0.486 e. The molecule has 8 nitrogen and oxygen atoms in total. The van der Waals surface area contributed by atoms with Crippen LogP contribution in [0.15, 0.2) is 88.1 Å². The molecule has 0 unspecified atom stereocenters. The monoisotopic (exact) mass is 443 g/mol. The van der Waals surface area contributed by atoms with Gasteiger partial charge in [0.2, 0.25) is 0 Å². The standard InChI is InChI=1S/C25H21N3O5/c1-16-6-5-7-17(14-16)21-12-11-20(23(29)26-21)24(30)27-28-25(31)22-13-10-19(33-22)15-32-18-8-3-2-4-9-18/h2-14H,15H2,1H3,(H,26,29)(H,27,30)(H,28,31). The van der Waals surface area contributed by atoms with Crippen LogP contribution in [-0.2, 0) is 6.61 Å². The molecular formula is C25H21N3O5. The van der Waals surface area contributed by atoms with E-state index < -0.39 is 17.4 Å². The van der Waals surface area contributed by atoms with Gasteiger partial charge in [-0.15, -0.1) is 0 Å². The van der Waals surface area contributed by atoms with Gasteiger partial charge >= 0.3 is 5.91 Å². The Kier molecular flexibility index (Phi) is 6.36. The lowest BCUT2D eigenvalue weighted by molar-refractivity contribution is 0.0827. The summed E-state index contributed by atoms with van der Waals surface area (Å²) in [5.74, 6) is -0.309. The number of aryl methyl sites for hydroxylation is 1. The number of ether oxygens (including phenoxy) is 1. The van der Waals surface area contributed by atoms with Crippen LogP contribution in [0.3, 0.4) is 0 Å². The molecule has 0 atom stereocenters. The summed E-state index contributed by atoms with van der Waals surface area (Å²) in [5, 5.41) is 0. The average Bonchev–Trinajstić information content (AvgIpc) is 3.31. The highest BCUT2D eigenvalue weighted by Crippen LogP contribution is 2.17. The van der Waals surface area contributed by atoms with Crippen molar-refractivity contribution in [1.82, 2.24) is 15.8 Å². The molecule has 166 valence electrons. The Morgan fingerprint density at radius 2 is 1.70 bits per heavy atom. The van der Waals surface area contributed by atoms with Gasteiger partial charge < -0.3 is 14.1 Å². The molecule has 0 saturated heterocycles. The van der Waals surface area contributed by atoms with E-state index in [0.29, 0.717) is 17.2 Å². The van der Waals surface area contributed by atoms with Gasteiger partial charge in [0.1, 0.15) is 23.7 Å². The zero-order valence-electron chi connectivity index (χ0n) is 17.8. The predicted octanol–water partition coefficient (Wildman–Crippen LogP) is 3.60. The molecule has 0 spiro atoms. The van der Waals surface area contributed by atoms with E-state index in [1.165, 1.54) is 12.1 Å². The fraction of sp³-hybridized carbons (Fsp3) is 0.0800. The van der Waals surface area contributed by atoms with Gasteiger partial charge in [0.25, 0.3) is 11.5 Å². The van der Waals surface area contributed by atoms with E-state index in [1.807, 2.05) is 49.4 Å². The van der Waals surface area contributed by atoms with Gasteiger partial charge in [0, 0.05) is 5.69 Å². The number of benzene rings is 2. The van der Waals surface area contributed by atoms with E-state index >= 15 is 0 Å². The highest BCUT2D eigenvalue weighted by atomic mass is 16.5. The lowest BCUT2D eigenvalue weighted by atomic mass is 10.1. The van der Waals surface area contributed by atoms with Crippen molar-refractivity contribution in [3.8, 4) is 17.0 Å². The fourth-order valence-electron chi connectivity index (χ4n) is 3.12. The molecule has 0 bridgehead atoms. The van der Waals surface area contributed by atoms with Crippen LogP contribution in [0.1, 0.15) is 32.2 Å². The second-order valence-corrected chi connectivity index (χ2v) is 7.26. The summed E-state index contributed by atoms with van der Waals surface area (Å²) < 4.78 is 11.0. The lowest BCUT2D eigenvalue weighted by Crippen LogP contribution is -2.43. The topological polar surface area (TPSA) is 113 Å². The molecule has 0 saturated carbocycles. The van der Waals surface area contributed by atoms with E-state index in [0.717, 1.165) is 11.1 Å². The number of pyridine rings is 1. The summed E-state index contributed by atoms with van der Waals surface area (Å²) in [4.78, 5) is 39.7. The van der Waals surface area contributed by atoms with Gasteiger partial charge in [-0.05, 0) is 55.0 Å². The van der Waals surface area contributed by atoms with E-state index in [1.54, 1.807) is 24.3 Å². The first kappa shape index (κ1) is 21.6. The summed E-state index contributed by atoms with van der Waals surface area (Å²) in [7, 11) is 0. The molecule has 4 aromatic rings. The zero-order chi connectivity index (χ0) is 23.2. The first-order valence-electron chi connectivity index (χ1n) is 10.2. The summed E-state index contributed by atoms with van der Waals surface area (Å²) in [6.07, 6.45) is 0. The number of rotatable bonds is 6. The average molecular weight is 443 g/mol. The van der Waals surface area contributed by atoms with Gasteiger partial charge in [-0.1, -0.05) is 42.0 Å². The summed E-state index contributed by atoms with van der Waals surface area (Å²) in [6.45, 7) is 2.09. The highest BCUT2D eigenvalue weighted by Gasteiger charge is 2.15. The van der Waals surface area contributed by atoms with Gasteiger partial charge in [-0.2, -0.15) is 0 Å². The minimum absolute atomic E-state index is 0.00864. The van der Waals surface area contributed by atoms with Gasteiger partial charge in [0.15, 0.2) is 5.76 Å². The van der Waals surface area contributed by atoms with Gasteiger partial charge in [-0.25, -0.2) is 0 Å². The molecule has 2 amide bonds. The number of para-hydroxylation sites is 1. The second kappa shape index (κ2) is 9.69. The minimum Gasteiger partial charge on any atom is -0.486 e. The number of nitrogens with one attached hydrogen (secondary N) is 3. The maximum absolute atomic E-state index is 12.4. The molecule has 0 aliphatic rings. The summed E-state index contributed by atoms with van der Waals surface area (Å²) >= 11 is 0. The van der Waals surface area contributed by atoms with Crippen molar-refractivity contribution in [2.45, 2.75) is 13.5 Å². The SMILES string of the molecule is Cc1cccc(-c2ccc(C(=O)NNC(=O)c3ccc(COc4ccccc4)o3)c(=O)[nH]2)c1. The fourth-order valence-corrected chi connectivity index (χ4v) is 3.12. The quantitative estimate of drug-likeness (QED) is 0.394. The molecule has 0 fully saturated rings. The Morgan fingerprint density at radius 3 is 2.45 bits per heavy atom. The number of hydrogen-bond acceptors (Lipinski definition) is 5. The highest BCUT2D eigenvalue weighted by molar-refractivity contribution is 5.97. The number of hydrazine groups is 1. The molecule has 2 aromatic carbocycles. The number of furan rings is 1. The number of amides is 2. The number of carbonyl (C=O) groups excluding carboxylic acids is 2. The molecule has 0 radical (unpaired) electrons. The molecule has 33 heavy (non-hydrogen) atoms. The number of aromatic nitrogens is 1. The maximum Gasteiger partial charge on any atom is 0.305 e. The van der Waals surface area contributed by atoms with Crippen LogP contribution in [-0.4, -0.2) is 16.8 Å². The van der Waals surface area contributed by atoms with Crippen molar-refractivity contribution in [3.63, 3.8) is 0 Å². The van der Waals surface area contributed by atoms with Crippen molar-refractivity contribution in [3.05, 3.63) is 112 Å². The van der Waals surface area contributed by atoms with Crippen molar-refractivity contribution in [1.29, 1.82) is 0 Å². The molecular weight excluding hydrogens is 422 g/mol. The van der Waals surface area contributed by atoms with Crippen LogP contribution in [0.2, 0.25) is 0 Å². The van der Waals surface area contributed by atoms with Crippen molar-refractivity contribution < 1.29 is 18.7 Å². The van der Waals surface area contributed by atoms with E-state index in [-0.39, 0.29) is 17.9 Å². The van der Waals surface area contributed by atoms with E-state index in [4.69, 9.17) is 9.15 Å². The molecule has 3 N–H and O–H groups in total. The molecule has 2 aromatic heterocycles. The van der Waals surface area contributed by atoms with Gasteiger partial charge in [-0.3, -0.25) is 25.2 Å². The van der Waals surface area contributed by atoms with Crippen molar-refractivity contribution in [2.24, 2.45) is 0 Å². The smallest absolute Gasteiger partial charge is 0.305 e. The zero-order valence-corrected chi connectivity index (χ0v) is 17.8. The Morgan fingerprint density at radius 1 is 0.909 bits per heavy atom. The van der Waals surface area contributed by atoms with E-state index in [9.17, 15) is 14.4 Å². The van der Waals surface area contributed by atoms with Crippen LogP contribution in [0, 0.1) is 6.92 Å². The predicted molar refractivity (Wildman–Crippen MR) is 122 cm³/mol. The van der Waals surface area contributed by atoms with Crippen LogP contribution in [0.25, 0.3) is 11.3 Å². The van der Waals surface area contributed by atoms with Crippen LogP contribution < -0.4 is 21.1 Å². The normalized spacial score (nSPS) is 10.5. The molecule has 4 rings (SSSR count). The molecule has 0 aliphatic carbocycles. The number of aromatic amines is 1. The van der Waals surface area contributed by atoms with Crippen molar-refractivity contribution in [2.75, 3.05) is 0 Å². The van der Waals surface area contributed by atoms with Crippen LogP contribution in [0.4, 0.5) is 0 Å². The summed E-state index contributed by atoms with van der Waals surface area (Å²) in [5.41, 5.74) is 6.22. The first-order valence-corrected chi connectivity index (χ1v) is 10.2. The maximum atomic E-state index is 12.4. The molecule has 2 heterocycles. The Hall–Kier alpha value is -4.59. The number of H-pyrrole nitrogens is 1. The second-order valence-electron chi connectivity index (χ2n) is 7.26. The van der Waals surface area contributed by atoms with Crippen LogP contribution >= 0.6 is 0 Å². The Labute approximate surface area is 189 Å². The lowest BCUT2D eigenvalue weighted by Gasteiger charge is -2.07. The van der Waals surface area contributed by atoms with Crippen molar-refractivity contribution >= 4 is 11.8 Å². The molecule has 8 heteroatoms. The third-order valence-corrected chi connectivity index (χ3v) is 4.78. The third kappa shape index (κ3) is 5.37.